The molecule has 182 valence electrons. The predicted octanol–water partition coefficient (Wildman–Crippen LogP) is 4.10. The Kier molecular flexibility index (Phi) is 6.26. The second kappa shape index (κ2) is 9.67. The van der Waals surface area contributed by atoms with Crippen LogP contribution in [0.5, 0.6) is 17.2 Å². The molecular formula is C26H23N5O4S. The van der Waals surface area contributed by atoms with E-state index in [0.717, 1.165) is 16.8 Å². The Hall–Kier alpha value is -4.44. The van der Waals surface area contributed by atoms with E-state index in [1.807, 2.05) is 53.9 Å². The Balaban J connectivity index is 1.77. The number of methoxy groups -OCH3 is 3. The number of benzene rings is 2. The van der Waals surface area contributed by atoms with Crippen molar-refractivity contribution in [2.45, 2.75) is 0 Å². The van der Waals surface area contributed by atoms with E-state index >= 15 is 0 Å². The number of pyridine rings is 1. The maximum atomic E-state index is 13.2. The summed E-state index contributed by atoms with van der Waals surface area (Å²) in [6.45, 7) is 0. The molecule has 9 nitrogen and oxygen atoms in total. The van der Waals surface area contributed by atoms with Gasteiger partial charge in [-0.25, -0.2) is 9.67 Å². The monoisotopic (exact) mass is 501 g/mol. The predicted molar refractivity (Wildman–Crippen MR) is 139 cm³/mol. The van der Waals surface area contributed by atoms with Crippen molar-refractivity contribution in [2.75, 3.05) is 33.3 Å². The first-order valence-corrected chi connectivity index (χ1v) is 11.9. The molecule has 1 aliphatic heterocycles. The molecule has 2 aromatic heterocycles. The average molecular weight is 502 g/mol. The van der Waals surface area contributed by atoms with Crippen LogP contribution in [0.15, 0.2) is 76.4 Å². The van der Waals surface area contributed by atoms with Crippen molar-refractivity contribution in [2.24, 2.45) is 10.1 Å². The van der Waals surface area contributed by atoms with E-state index in [1.165, 1.54) is 11.3 Å². The van der Waals surface area contributed by atoms with Crippen LogP contribution in [0.3, 0.4) is 0 Å². The van der Waals surface area contributed by atoms with Gasteiger partial charge in [0.05, 0.1) is 44.6 Å². The number of anilines is 1. The van der Waals surface area contributed by atoms with E-state index in [1.54, 1.807) is 50.3 Å². The van der Waals surface area contributed by atoms with Crippen molar-refractivity contribution in [3.63, 3.8) is 0 Å². The number of amides is 1. The fourth-order valence-corrected chi connectivity index (χ4v) is 4.83. The number of ether oxygens (including phenoxy) is 3. The van der Waals surface area contributed by atoms with Gasteiger partial charge < -0.3 is 19.1 Å². The molecule has 1 amide bonds. The number of hydrogen-bond donors (Lipinski definition) is 0. The molecule has 3 heterocycles. The molecule has 0 N–H and O–H groups in total. The summed E-state index contributed by atoms with van der Waals surface area (Å²) in [5.41, 5.74) is 4.01. The lowest BCUT2D eigenvalue weighted by Crippen LogP contribution is -2.27. The maximum Gasteiger partial charge on any atom is 0.279 e. The molecule has 1 aliphatic rings. The first-order chi connectivity index (χ1) is 17.5. The van der Waals surface area contributed by atoms with E-state index in [-0.39, 0.29) is 5.91 Å². The highest BCUT2D eigenvalue weighted by molar-refractivity contribution is 7.07. The van der Waals surface area contributed by atoms with Gasteiger partial charge in [0.25, 0.3) is 5.91 Å². The van der Waals surface area contributed by atoms with Crippen LogP contribution in [0.25, 0.3) is 11.3 Å². The zero-order chi connectivity index (χ0) is 25.2. The van der Waals surface area contributed by atoms with E-state index < -0.39 is 0 Å². The molecule has 0 fully saturated rings. The van der Waals surface area contributed by atoms with Gasteiger partial charge in [-0.2, -0.15) is 5.10 Å². The van der Waals surface area contributed by atoms with Crippen LogP contribution in [-0.2, 0) is 4.79 Å². The number of likely N-dealkylation sites (N-methyl/N-ethyl adjacent to an activating group) is 1. The van der Waals surface area contributed by atoms with Crippen molar-refractivity contribution in [3.05, 3.63) is 76.7 Å². The van der Waals surface area contributed by atoms with Crippen molar-refractivity contribution in [1.29, 1.82) is 0 Å². The highest BCUT2D eigenvalue weighted by Crippen LogP contribution is 2.41. The first kappa shape index (κ1) is 23.3. The Labute approximate surface area is 211 Å². The van der Waals surface area contributed by atoms with Crippen LogP contribution in [0.2, 0.25) is 0 Å². The number of carbonyl (C=O) groups excluding carboxylic acids is 1. The van der Waals surface area contributed by atoms with E-state index in [4.69, 9.17) is 24.3 Å². The molecule has 5 rings (SSSR count). The minimum absolute atomic E-state index is 0.196. The van der Waals surface area contributed by atoms with Gasteiger partial charge in [0.15, 0.2) is 17.2 Å². The Morgan fingerprint density at radius 3 is 2.39 bits per heavy atom. The van der Waals surface area contributed by atoms with Gasteiger partial charge in [-0.3, -0.25) is 9.78 Å². The maximum absolute atomic E-state index is 13.2. The van der Waals surface area contributed by atoms with Gasteiger partial charge in [-0.1, -0.05) is 18.2 Å². The van der Waals surface area contributed by atoms with Gasteiger partial charge in [-0.15, -0.1) is 11.3 Å². The van der Waals surface area contributed by atoms with Crippen molar-refractivity contribution < 1.29 is 19.0 Å². The molecule has 0 saturated carbocycles. The zero-order valence-electron chi connectivity index (χ0n) is 20.1. The molecule has 0 saturated heterocycles. The number of carbonyl (C=O) groups is 1. The summed E-state index contributed by atoms with van der Waals surface area (Å²) in [4.78, 5) is 24.2. The summed E-state index contributed by atoms with van der Waals surface area (Å²) < 4.78 is 18.3. The number of para-hydroxylation sites is 1. The third-order valence-electron chi connectivity index (χ3n) is 5.74. The number of aromatic nitrogens is 2. The molecule has 10 heteroatoms. The number of rotatable bonds is 6. The third-order valence-corrected chi connectivity index (χ3v) is 6.56. The van der Waals surface area contributed by atoms with Crippen LogP contribution in [0.4, 0.5) is 11.4 Å². The first-order valence-electron chi connectivity index (χ1n) is 11.0. The van der Waals surface area contributed by atoms with Gasteiger partial charge in [0.1, 0.15) is 0 Å². The minimum Gasteiger partial charge on any atom is -0.493 e. The molecule has 4 aromatic rings. The lowest BCUT2D eigenvalue weighted by molar-refractivity contribution is -0.112. The van der Waals surface area contributed by atoms with E-state index in [2.05, 4.69) is 4.98 Å². The number of thiazole rings is 1. The van der Waals surface area contributed by atoms with Crippen LogP contribution >= 0.6 is 11.3 Å². The Morgan fingerprint density at radius 2 is 1.72 bits per heavy atom. The van der Waals surface area contributed by atoms with E-state index in [9.17, 15) is 4.79 Å². The third kappa shape index (κ3) is 4.01. The Bertz CT molecular complexity index is 1520. The smallest absolute Gasteiger partial charge is 0.279 e. The van der Waals surface area contributed by atoms with Crippen LogP contribution in [0, 0.1) is 0 Å². The van der Waals surface area contributed by atoms with Crippen molar-refractivity contribution in [1.82, 2.24) is 9.66 Å². The summed E-state index contributed by atoms with van der Waals surface area (Å²) in [7, 11) is 6.43. The van der Waals surface area contributed by atoms with Crippen molar-refractivity contribution >= 4 is 34.3 Å². The molecule has 0 atom stereocenters. The van der Waals surface area contributed by atoms with Crippen molar-refractivity contribution in [3.8, 4) is 28.5 Å². The second-order valence-electron chi connectivity index (χ2n) is 7.78. The van der Waals surface area contributed by atoms with Crippen LogP contribution < -0.4 is 23.9 Å². The largest absolute Gasteiger partial charge is 0.493 e. The second-order valence-corrected chi connectivity index (χ2v) is 8.62. The quantitative estimate of drug-likeness (QED) is 0.397. The molecule has 2 aromatic carbocycles. The fourth-order valence-electron chi connectivity index (χ4n) is 3.98. The van der Waals surface area contributed by atoms with Crippen LogP contribution in [0.1, 0.15) is 5.56 Å². The lowest BCUT2D eigenvalue weighted by atomic mass is 10.1. The van der Waals surface area contributed by atoms with Gasteiger partial charge in [0, 0.05) is 29.8 Å². The van der Waals surface area contributed by atoms with E-state index in [0.29, 0.717) is 39.1 Å². The molecule has 36 heavy (non-hydrogen) atoms. The highest BCUT2D eigenvalue weighted by atomic mass is 32.1. The Morgan fingerprint density at radius 1 is 0.972 bits per heavy atom. The number of hydrogen-bond acceptors (Lipinski definition) is 8. The fraction of sp³-hybridized carbons (Fsp3) is 0.154. The molecule has 0 radical (unpaired) electrons. The summed E-state index contributed by atoms with van der Waals surface area (Å²) >= 11 is 1.39. The standard InChI is InChI=1S/C26H23N5O4S/c1-30-19-10-6-5-9-18(19)23(25(30)32)29-31-20(15-36-26(31)28-17-8-7-11-27-14-17)16-12-21(33-2)24(35-4)22(13-16)34-3/h5-15H,1-4H3. The lowest BCUT2D eigenvalue weighted by Gasteiger charge is -2.14. The zero-order valence-corrected chi connectivity index (χ0v) is 20.9. The highest BCUT2D eigenvalue weighted by Gasteiger charge is 2.32. The number of nitrogens with zero attached hydrogens (tertiary/aromatic N) is 5. The summed E-state index contributed by atoms with van der Waals surface area (Å²) in [5.74, 6) is 1.30. The van der Waals surface area contributed by atoms with Gasteiger partial charge >= 0.3 is 0 Å². The summed E-state index contributed by atoms with van der Waals surface area (Å²) in [5, 5.41) is 6.77. The molecular weight excluding hydrogens is 478 g/mol. The van der Waals surface area contributed by atoms with Crippen LogP contribution in [-0.4, -0.2) is 49.7 Å². The summed E-state index contributed by atoms with van der Waals surface area (Å²) in [6, 6.07) is 14.9. The number of fused-ring (bicyclic) bond motifs is 1. The molecule has 0 aliphatic carbocycles. The van der Waals surface area contributed by atoms with Gasteiger partial charge in [0.2, 0.25) is 10.6 Å². The SMILES string of the molecule is COc1cc(-c2csc(=Nc3cccnc3)n2N=C2C(=O)N(C)c3ccccc32)cc(OC)c1OC. The minimum atomic E-state index is -0.196. The topological polar surface area (TPSA) is 90.5 Å². The normalized spacial score (nSPS) is 14.3. The van der Waals surface area contributed by atoms with Gasteiger partial charge in [-0.05, 0) is 30.3 Å². The summed E-state index contributed by atoms with van der Waals surface area (Å²) in [6.07, 6.45) is 3.35. The average Bonchev–Trinajstić information content (AvgIpc) is 3.42. The molecule has 0 unspecified atom stereocenters. The molecule has 0 bridgehead atoms. The molecule has 0 spiro atoms.